The monoisotopic (exact) mass is 201 g/mol. The molecule has 0 aromatic rings. The molecule has 0 radical (unpaired) electrons. The molecule has 1 rings (SSSR count). The first-order valence-electron chi connectivity index (χ1n) is 3.36. The molecule has 1 heterocycles. The van der Waals surface area contributed by atoms with Crippen molar-refractivity contribution in [2.24, 2.45) is 0 Å². The third-order valence-electron chi connectivity index (χ3n) is 1.50. The molecule has 11 heavy (non-hydrogen) atoms. The Balaban J connectivity index is 0.000001000. The lowest BCUT2D eigenvalue weighted by Gasteiger charge is -2.21. The number of rotatable bonds is 2. The van der Waals surface area contributed by atoms with Crippen molar-refractivity contribution in [2.45, 2.75) is 19.3 Å². The Hall–Kier alpha value is 0.160. The molecular formula is C5H12ClNO3S. The fraction of sp³-hybridized carbons (Fsp3) is 1.00. The minimum Gasteiger partial charge on any atom is -0.201 e. The summed E-state index contributed by atoms with van der Waals surface area (Å²) in [5.74, 6) is 0. The van der Waals surface area contributed by atoms with E-state index >= 15 is 0 Å². The van der Waals surface area contributed by atoms with Crippen molar-refractivity contribution in [1.82, 2.24) is 5.06 Å². The number of thiol groups is 1. The first kappa shape index (κ1) is 11.2. The molecule has 0 saturated carbocycles. The molecule has 0 unspecified atom stereocenters. The van der Waals surface area contributed by atoms with Crippen molar-refractivity contribution in [2.75, 3.05) is 13.1 Å². The third kappa shape index (κ3) is 4.58. The van der Waals surface area contributed by atoms with E-state index in [0.29, 0.717) is 0 Å². The molecule has 6 heteroatoms. The molecule has 1 fully saturated rings. The van der Waals surface area contributed by atoms with E-state index in [1.807, 2.05) is 0 Å². The first-order valence-corrected chi connectivity index (χ1v) is 4.46. The van der Waals surface area contributed by atoms with Gasteiger partial charge < -0.3 is 0 Å². The van der Waals surface area contributed by atoms with E-state index in [-0.39, 0.29) is 12.4 Å². The molecule has 0 atom stereocenters. The topological polar surface area (TPSA) is 46.6 Å². The van der Waals surface area contributed by atoms with Crippen LogP contribution in [0.3, 0.4) is 0 Å². The van der Waals surface area contributed by atoms with E-state index in [1.165, 1.54) is 11.5 Å². The number of halogens is 1. The number of hydrogen-bond donors (Lipinski definition) is 1. The van der Waals surface area contributed by atoms with Gasteiger partial charge in [0.2, 0.25) is 0 Å². The minimum atomic E-state index is -2.70. The summed E-state index contributed by atoms with van der Waals surface area (Å²) in [6.45, 7) is 1.48. The Labute approximate surface area is 74.0 Å². The summed E-state index contributed by atoms with van der Waals surface area (Å²) < 4.78 is 24.6. The van der Waals surface area contributed by atoms with Crippen molar-refractivity contribution >= 4 is 23.4 Å². The molecule has 0 bridgehead atoms. The van der Waals surface area contributed by atoms with E-state index in [1.54, 1.807) is 0 Å². The van der Waals surface area contributed by atoms with Crippen LogP contribution in [0.4, 0.5) is 0 Å². The Bertz CT molecular complexity index is 159. The maximum Gasteiger partial charge on any atom is 0.273 e. The van der Waals surface area contributed by atoms with Crippen molar-refractivity contribution in [1.29, 1.82) is 0 Å². The highest BCUT2D eigenvalue weighted by atomic mass is 35.5. The summed E-state index contributed by atoms with van der Waals surface area (Å²) in [5.41, 5.74) is 0. The molecule has 0 aromatic carbocycles. The van der Waals surface area contributed by atoms with Crippen LogP contribution in [0.1, 0.15) is 19.3 Å². The maximum atomic E-state index is 10.0. The van der Waals surface area contributed by atoms with Gasteiger partial charge in [0, 0.05) is 13.1 Å². The van der Waals surface area contributed by atoms with Gasteiger partial charge in [0.25, 0.3) is 11.0 Å². The van der Waals surface area contributed by atoms with Gasteiger partial charge in [0.1, 0.15) is 0 Å². The predicted molar refractivity (Wildman–Crippen MR) is 44.1 cm³/mol. The Morgan fingerprint density at radius 2 is 1.64 bits per heavy atom. The predicted octanol–water partition coefficient (Wildman–Crippen LogP) is 0.352. The lowest BCUT2D eigenvalue weighted by Crippen LogP contribution is -2.29. The maximum absolute atomic E-state index is 10.0. The SMILES string of the molecule is Cl.O=[SH](=O)ON1CCCCC1. The molecule has 1 aliphatic heterocycles. The van der Waals surface area contributed by atoms with Gasteiger partial charge in [-0.1, -0.05) is 6.42 Å². The van der Waals surface area contributed by atoms with Crippen LogP contribution in [0.2, 0.25) is 0 Å². The largest absolute Gasteiger partial charge is 0.273 e. The summed E-state index contributed by atoms with van der Waals surface area (Å²) in [4.78, 5) is 0. The zero-order chi connectivity index (χ0) is 7.40. The van der Waals surface area contributed by atoms with Crippen LogP contribution >= 0.6 is 12.4 Å². The van der Waals surface area contributed by atoms with Crippen LogP contribution in [0.15, 0.2) is 0 Å². The van der Waals surface area contributed by atoms with Crippen LogP contribution in [0.25, 0.3) is 0 Å². The fourth-order valence-electron chi connectivity index (χ4n) is 1.04. The van der Waals surface area contributed by atoms with E-state index in [9.17, 15) is 8.42 Å². The van der Waals surface area contributed by atoms with Crippen molar-refractivity contribution in [3.63, 3.8) is 0 Å². The van der Waals surface area contributed by atoms with Gasteiger partial charge in [-0.2, -0.15) is 9.35 Å². The van der Waals surface area contributed by atoms with Gasteiger partial charge in [-0.3, -0.25) is 0 Å². The summed E-state index contributed by atoms with van der Waals surface area (Å²) >= 11 is 0. The van der Waals surface area contributed by atoms with Gasteiger partial charge in [0.05, 0.1) is 0 Å². The minimum absolute atomic E-state index is 0. The summed E-state index contributed by atoms with van der Waals surface area (Å²) in [7, 11) is -2.70. The van der Waals surface area contributed by atoms with E-state index in [0.717, 1.165) is 25.9 Å². The highest BCUT2D eigenvalue weighted by molar-refractivity contribution is 7.67. The molecule has 1 aliphatic rings. The van der Waals surface area contributed by atoms with Gasteiger partial charge >= 0.3 is 0 Å². The number of hydrogen-bond acceptors (Lipinski definition) is 4. The lowest BCUT2D eigenvalue weighted by atomic mass is 10.2. The number of hydroxylamine groups is 2. The third-order valence-corrected chi connectivity index (χ3v) is 1.86. The molecule has 1 saturated heterocycles. The van der Waals surface area contributed by atoms with Gasteiger partial charge in [-0.15, -0.1) is 12.4 Å². The average molecular weight is 202 g/mol. The van der Waals surface area contributed by atoms with Crippen molar-refractivity contribution in [3.8, 4) is 0 Å². The quantitative estimate of drug-likeness (QED) is 0.656. The van der Waals surface area contributed by atoms with E-state index in [2.05, 4.69) is 4.28 Å². The van der Waals surface area contributed by atoms with Crippen molar-refractivity contribution in [3.05, 3.63) is 0 Å². The zero-order valence-electron chi connectivity index (χ0n) is 6.06. The molecule has 0 spiro atoms. The smallest absolute Gasteiger partial charge is 0.201 e. The summed E-state index contributed by atoms with van der Waals surface area (Å²) in [5, 5.41) is 1.50. The Morgan fingerprint density at radius 3 is 2.09 bits per heavy atom. The lowest BCUT2D eigenvalue weighted by molar-refractivity contribution is -0.0608. The average Bonchev–Trinajstić information content (AvgIpc) is 1.88. The molecule has 68 valence electrons. The summed E-state index contributed by atoms with van der Waals surface area (Å²) in [6.07, 6.45) is 3.24. The second-order valence-electron chi connectivity index (χ2n) is 2.29. The molecule has 4 nitrogen and oxygen atoms in total. The van der Waals surface area contributed by atoms with Crippen molar-refractivity contribution < 1.29 is 12.7 Å². The molecular weight excluding hydrogens is 190 g/mol. The highest BCUT2D eigenvalue weighted by Crippen LogP contribution is 2.08. The fourth-order valence-corrected chi connectivity index (χ4v) is 1.39. The second-order valence-corrected chi connectivity index (χ2v) is 2.91. The molecule has 0 aliphatic carbocycles. The van der Waals surface area contributed by atoms with E-state index < -0.39 is 11.0 Å². The Kier molecular flexibility index (Phi) is 5.85. The normalized spacial score (nSPS) is 19.7. The highest BCUT2D eigenvalue weighted by Gasteiger charge is 2.10. The number of nitrogens with zero attached hydrogens (tertiary/aromatic N) is 1. The van der Waals surface area contributed by atoms with Crippen LogP contribution in [0, 0.1) is 0 Å². The van der Waals surface area contributed by atoms with Gasteiger partial charge in [0.15, 0.2) is 0 Å². The first-order chi connectivity index (χ1) is 4.79. The Morgan fingerprint density at radius 1 is 1.09 bits per heavy atom. The van der Waals surface area contributed by atoms with Gasteiger partial charge in [-0.05, 0) is 12.8 Å². The summed E-state index contributed by atoms with van der Waals surface area (Å²) in [6, 6.07) is 0. The zero-order valence-corrected chi connectivity index (χ0v) is 7.77. The standard InChI is InChI=1S/C5H11NO3S.ClH/c7-10(8)9-6-4-2-1-3-5-6;/h10H,1-5H2;1H. The molecule has 0 N–H and O–H groups in total. The van der Waals surface area contributed by atoms with Crippen LogP contribution in [-0.2, 0) is 15.3 Å². The molecule has 0 amide bonds. The second kappa shape index (κ2) is 5.77. The van der Waals surface area contributed by atoms with Crippen LogP contribution < -0.4 is 0 Å². The van der Waals surface area contributed by atoms with E-state index in [4.69, 9.17) is 0 Å². The van der Waals surface area contributed by atoms with Crippen LogP contribution in [-0.4, -0.2) is 26.6 Å². The molecule has 0 aromatic heterocycles. The number of piperidine rings is 1. The van der Waals surface area contributed by atoms with Gasteiger partial charge in [-0.25, -0.2) is 8.42 Å². The van der Waals surface area contributed by atoms with Crippen LogP contribution in [0.5, 0.6) is 0 Å².